The van der Waals surface area contributed by atoms with Gasteiger partial charge in [0.2, 0.25) is 5.13 Å². The number of aromatic nitrogens is 4. The lowest BCUT2D eigenvalue weighted by Crippen LogP contribution is -2.12. The Hall–Kier alpha value is -3.39. The number of carbonyl (C=O) groups excluding carboxylic acids is 1. The van der Waals surface area contributed by atoms with Crippen LogP contribution in [0.5, 0.6) is 0 Å². The minimum atomic E-state index is -0.333. The zero-order chi connectivity index (χ0) is 20.4. The zero-order valence-corrected chi connectivity index (χ0v) is 16.7. The van der Waals surface area contributed by atoms with Gasteiger partial charge in [-0.1, -0.05) is 48.1 Å². The van der Waals surface area contributed by atoms with Crippen LogP contribution in [-0.2, 0) is 6.42 Å². The quantitative estimate of drug-likeness (QED) is 0.523. The van der Waals surface area contributed by atoms with Crippen LogP contribution in [0, 0.1) is 12.7 Å². The molecule has 2 aromatic carbocycles. The van der Waals surface area contributed by atoms with Crippen molar-refractivity contribution in [3.63, 3.8) is 0 Å². The molecule has 0 saturated carbocycles. The fraction of sp³-hybridized carbons (Fsp3) is 0.143. The Kier molecular flexibility index (Phi) is 5.18. The van der Waals surface area contributed by atoms with E-state index < -0.39 is 0 Å². The average molecular weight is 407 g/mol. The van der Waals surface area contributed by atoms with Gasteiger partial charge < -0.3 is 0 Å². The van der Waals surface area contributed by atoms with Crippen LogP contribution in [0.2, 0.25) is 0 Å². The Balaban J connectivity index is 1.74. The average Bonchev–Trinajstić information content (AvgIpc) is 3.36. The summed E-state index contributed by atoms with van der Waals surface area (Å²) in [6.07, 6.45) is 2.39. The Morgan fingerprint density at radius 2 is 1.83 bits per heavy atom. The lowest BCUT2D eigenvalue weighted by Gasteiger charge is -2.03. The molecule has 0 spiro atoms. The molecule has 0 saturated heterocycles. The maximum atomic E-state index is 13.3. The van der Waals surface area contributed by atoms with Crippen LogP contribution >= 0.6 is 11.3 Å². The number of hydrogen-bond acceptors (Lipinski definition) is 5. The Bertz CT molecular complexity index is 1150. The van der Waals surface area contributed by atoms with E-state index in [1.165, 1.54) is 23.5 Å². The molecule has 0 aliphatic carbocycles. The second-order valence-electron chi connectivity index (χ2n) is 6.49. The van der Waals surface area contributed by atoms with Crippen molar-refractivity contribution in [2.24, 2.45) is 0 Å². The summed E-state index contributed by atoms with van der Waals surface area (Å²) in [6.45, 7) is 3.98. The van der Waals surface area contributed by atoms with E-state index >= 15 is 0 Å². The summed E-state index contributed by atoms with van der Waals surface area (Å²) in [7, 11) is 0. The first-order chi connectivity index (χ1) is 14.0. The van der Waals surface area contributed by atoms with Crippen LogP contribution in [0.25, 0.3) is 16.9 Å². The smallest absolute Gasteiger partial charge is 0.261 e. The number of nitrogens with zero attached hydrogens (tertiary/aromatic N) is 4. The standard InChI is InChI=1S/C21H18FN5OS/c1-3-18-24-25-21(29-18)23-20(28)17-12-27(16-10-8-15(22)9-11-16)26-19(17)14-6-4-13(2)5-7-14/h4-12H,3H2,1-2H3,(H,23,25,28). The van der Waals surface area contributed by atoms with Crippen molar-refractivity contribution >= 4 is 22.4 Å². The molecule has 2 aromatic heterocycles. The first-order valence-corrected chi connectivity index (χ1v) is 9.91. The van der Waals surface area contributed by atoms with Gasteiger partial charge in [0.05, 0.1) is 11.3 Å². The highest BCUT2D eigenvalue weighted by molar-refractivity contribution is 7.15. The molecule has 0 aliphatic rings. The number of carbonyl (C=O) groups is 1. The number of amides is 1. The van der Waals surface area contributed by atoms with E-state index in [1.54, 1.807) is 23.0 Å². The maximum absolute atomic E-state index is 13.3. The van der Waals surface area contributed by atoms with Crippen molar-refractivity contribution in [2.75, 3.05) is 5.32 Å². The van der Waals surface area contributed by atoms with Crippen LogP contribution < -0.4 is 5.32 Å². The molecule has 0 radical (unpaired) electrons. The first-order valence-electron chi connectivity index (χ1n) is 9.10. The summed E-state index contributed by atoms with van der Waals surface area (Å²) < 4.78 is 14.9. The predicted molar refractivity (Wildman–Crippen MR) is 111 cm³/mol. The van der Waals surface area contributed by atoms with Gasteiger partial charge in [0.1, 0.15) is 16.5 Å². The number of anilines is 1. The van der Waals surface area contributed by atoms with Crippen molar-refractivity contribution in [1.29, 1.82) is 0 Å². The summed E-state index contributed by atoms with van der Waals surface area (Å²) in [5.41, 5.74) is 3.51. The third-order valence-corrected chi connectivity index (χ3v) is 5.35. The summed E-state index contributed by atoms with van der Waals surface area (Å²) in [5, 5.41) is 16.7. The van der Waals surface area contributed by atoms with Crippen LogP contribution in [0.15, 0.2) is 54.7 Å². The van der Waals surface area contributed by atoms with E-state index in [2.05, 4.69) is 20.6 Å². The molecule has 4 rings (SSSR count). The van der Waals surface area contributed by atoms with Gasteiger partial charge >= 0.3 is 0 Å². The molecular formula is C21H18FN5OS. The monoisotopic (exact) mass is 407 g/mol. The Morgan fingerprint density at radius 1 is 1.10 bits per heavy atom. The van der Waals surface area contributed by atoms with Crippen molar-refractivity contribution in [3.8, 4) is 16.9 Å². The molecule has 1 amide bonds. The highest BCUT2D eigenvalue weighted by atomic mass is 32.1. The van der Waals surface area contributed by atoms with E-state index in [0.29, 0.717) is 22.1 Å². The van der Waals surface area contributed by atoms with E-state index in [4.69, 9.17) is 0 Å². The fourth-order valence-electron chi connectivity index (χ4n) is 2.80. The van der Waals surface area contributed by atoms with E-state index in [1.807, 2.05) is 38.1 Å². The summed E-state index contributed by atoms with van der Waals surface area (Å²) in [6, 6.07) is 13.7. The number of benzene rings is 2. The summed E-state index contributed by atoms with van der Waals surface area (Å²) in [5.74, 6) is -0.659. The molecule has 146 valence electrons. The van der Waals surface area contributed by atoms with E-state index in [9.17, 15) is 9.18 Å². The second kappa shape index (κ2) is 7.92. The van der Waals surface area contributed by atoms with Gasteiger partial charge in [0.25, 0.3) is 5.91 Å². The maximum Gasteiger partial charge on any atom is 0.261 e. The Morgan fingerprint density at radius 3 is 2.48 bits per heavy atom. The SMILES string of the molecule is CCc1nnc(NC(=O)c2cn(-c3ccc(F)cc3)nc2-c2ccc(C)cc2)s1. The number of nitrogens with one attached hydrogen (secondary N) is 1. The van der Waals surface area contributed by atoms with E-state index in [0.717, 1.165) is 22.6 Å². The van der Waals surface area contributed by atoms with Crippen molar-refractivity contribution < 1.29 is 9.18 Å². The predicted octanol–water partition coefficient (Wildman–Crippen LogP) is 4.65. The van der Waals surface area contributed by atoms with Crippen LogP contribution in [0.4, 0.5) is 9.52 Å². The number of aryl methyl sites for hydroxylation is 2. The van der Waals surface area contributed by atoms with Gasteiger partial charge in [-0.3, -0.25) is 10.1 Å². The largest absolute Gasteiger partial charge is 0.296 e. The molecule has 0 aliphatic heterocycles. The van der Waals surface area contributed by atoms with Gasteiger partial charge in [0.15, 0.2) is 0 Å². The summed E-state index contributed by atoms with van der Waals surface area (Å²) in [4.78, 5) is 13.0. The number of rotatable bonds is 5. The molecule has 8 heteroatoms. The molecule has 0 bridgehead atoms. The van der Waals surface area contributed by atoms with E-state index in [-0.39, 0.29) is 11.7 Å². The molecular weight excluding hydrogens is 389 g/mol. The number of hydrogen-bond donors (Lipinski definition) is 1. The van der Waals surface area contributed by atoms with Gasteiger partial charge in [-0.25, -0.2) is 9.07 Å². The normalized spacial score (nSPS) is 10.9. The minimum Gasteiger partial charge on any atom is -0.296 e. The number of halogens is 1. The van der Waals surface area contributed by atoms with Crippen LogP contribution in [0.3, 0.4) is 0 Å². The highest BCUT2D eigenvalue weighted by Crippen LogP contribution is 2.26. The zero-order valence-electron chi connectivity index (χ0n) is 15.9. The van der Waals surface area contributed by atoms with Gasteiger partial charge in [-0.2, -0.15) is 5.10 Å². The Labute approximate surface area is 171 Å². The molecule has 0 atom stereocenters. The van der Waals surface area contributed by atoms with Gasteiger partial charge in [0, 0.05) is 11.8 Å². The molecule has 0 fully saturated rings. The minimum absolute atomic E-state index is 0.326. The highest BCUT2D eigenvalue weighted by Gasteiger charge is 2.20. The third kappa shape index (κ3) is 4.07. The summed E-state index contributed by atoms with van der Waals surface area (Å²) >= 11 is 1.34. The van der Waals surface area contributed by atoms with Crippen LogP contribution in [-0.4, -0.2) is 25.9 Å². The first kappa shape index (κ1) is 18.9. The van der Waals surface area contributed by atoms with Crippen molar-refractivity contribution in [2.45, 2.75) is 20.3 Å². The molecule has 1 N–H and O–H groups in total. The topological polar surface area (TPSA) is 72.7 Å². The third-order valence-electron chi connectivity index (χ3n) is 4.36. The molecule has 4 aromatic rings. The second-order valence-corrected chi connectivity index (χ2v) is 7.55. The molecule has 2 heterocycles. The van der Waals surface area contributed by atoms with Gasteiger partial charge in [-0.15, -0.1) is 10.2 Å². The van der Waals surface area contributed by atoms with Gasteiger partial charge in [-0.05, 0) is 37.6 Å². The van der Waals surface area contributed by atoms with Crippen molar-refractivity contribution in [1.82, 2.24) is 20.0 Å². The molecule has 6 nitrogen and oxygen atoms in total. The fourth-order valence-corrected chi connectivity index (χ4v) is 3.48. The van der Waals surface area contributed by atoms with Crippen molar-refractivity contribution in [3.05, 3.63) is 76.7 Å². The molecule has 0 unspecified atom stereocenters. The lowest BCUT2D eigenvalue weighted by atomic mass is 10.1. The lowest BCUT2D eigenvalue weighted by molar-refractivity contribution is 0.102. The van der Waals surface area contributed by atoms with Crippen LogP contribution in [0.1, 0.15) is 27.9 Å². The molecule has 29 heavy (non-hydrogen) atoms.